The highest BCUT2D eigenvalue weighted by Gasteiger charge is 2.21. The molecule has 2 nitrogen and oxygen atoms in total. The molecule has 21 heavy (non-hydrogen) atoms. The fourth-order valence-corrected chi connectivity index (χ4v) is 2.19. The highest BCUT2D eigenvalue weighted by Crippen LogP contribution is 2.30. The third kappa shape index (κ3) is 3.71. The molecule has 1 fully saturated rings. The monoisotopic (exact) mass is 309 g/mol. The molecule has 110 valence electrons. The zero-order valence-electron chi connectivity index (χ0n) is 11.2. The van der Waals surface area contributed by atoms with Crippen LogP contribution in [0.25, 0.3) is 0 Å². The predicted octanol–water partition coefficient (Wildman–Crippen LogP) is 4.66. The van der Waals surface area contributed by atoms with Crippen LogP contribution in [0, 0.1) is 11.6 Å². The lowest BCUT2D eigenvalue weighted by Gasteiger charge is -2.10. The summed E-state index contributed by atoms with van der Waals surface area (Å²) in [7, 11) is 0. The summed E-state index contributed by atoms with van der Waals surface area (Å²) in [5.74, 6) is -1.55. The van der Waals surface area contributed by atoms with Gasteiger partial charge in [0.1, 0.15) is 5.75 Å². The third-order valence-electron chi connectivity index (χ3n) is 3.25. The maximum atomic E-state index is 14.0. The largest absolute Gasteiger partial charge is 0.451 e. The van der Waals surface area contributed by atoms with Crippen molar-refractivity contribution >= 4 is 11.6 Å². The molecule has 0 atom stereocenters. The van der Waals surface area contributed by atoms with Crippen LogP contribution in [0.3, 0.4) is 0 Å². The number of rotatable bonds is 5. The van der Waals surface area contributed by atoms with Crippen LogP contribution < -0.4 is 10.1 Å². The Labute approximate surface area is 126 Å². The molecule has 0 spiro atoms. The van der Waals surface area contributed by atoms with E-state index in [0.29, 0.717) is 28.9 Å². The average Bonchev–Trinajstić information content (AvgIpc) is 3.25. The molecule has 0 heterocycles. The van der Waals surface area contributed by atoms with E-state index in [-0.39, 0.29) is 0 Å². The Bertz CT molecular complexity index is 635. The molecular weight excluding hydrogens is 296 g/mol. The summed E-state index contributed by atoms with van der Waals surface area (Å²) in [6, 6.07) is 9.47. The van der Waals surface area contributed by atoms with Crippen LogP contribution >= 0.6 is 11.6 Å². The van der Waals surface area contributed by atoms with E-state index in [1.54, 1.807) is 18.2 Å². The van der Waals surface area contributed by atoms with Crippen molar-refractivity contribution < 1.29 is 13.5 Å². The van der Waals surface area contributed by atoms with Gasteiger partial charge in [0, 0.05) is 17.6 Å². The van der Waals surface area contributed by atoms with Crippen molar-refractivity contribution in [3.8, 4) is 11.5 Å². The topological polar surface area (TPSA) is 21.3 Å². The van der Waals surface area contributed by atoms with Crippen molar-refractivity contribution in [2.75, 3.05) is 0 Å². The Morgan fingerprint density at radius 1 is 1.14 bits per heavy atom. The van der Waals surface area contributed by atoms with E-state index < -0.39 is 17.4 Å². The highest BCUT2D eigenvalue weighted by molar-refractivity contribution is 6.30. The number of halogens is 3. The maximum Gasteiger partial charge on any atom is 0.198 e. The van der Waals surface area contributed by atoms with Crippen LogP contribution in [-0.4, -0.2) is 6.04 Å². The zero-order chi connectivity index (χ0) is 14.8. The van der Waals surface area contributed by atoms with E-state index in [9.17, 15) is 8.78 Å². The van der Waals surface area contributed by atoms with Gasteiger partial charge in [-0.1, -0.05) is 17.7 Å². The van der Waals surface area contributed by atoms with Crippen molar-refractivity contribution in [2.45, 2.75) is 25.4 Å². The van der Waals surface area contributed by atoms with Crippen molar-refractivity contribution in [3.05, 3.63) is 58.6 Å². The molecule has 1 saturated carbocycles. The summed E-state index contributed by atoms with van der Waals surface area (Å²) in [5.41, 5.74) is 0.565. The molecule has 5 heteroatoms. The van der Waals surface area contributed by atoms with Gasteiger partial charge in [-0.15, -0.1) is 0 Å². The van der Waals surface area contributed by atoms with Crippen LogP contribution in [-0.2, 0) is 6.54 Å². The van der Waals surface area contributed by atoms with E-state index in [1.807, 2.05) is 0 Å². The minimum atomic E-state index is -0.720. The summed E-state index contributed by atoms with van der Waals surface area (Å²) in [4.78, 5) is 0. The van der Waals surface area contributed by atoms with Gasteiger partial charge in [0.05, 0.1) is 0 Å². The summed E-state index contributed by atoms with van der Waals surface area (Å²) < 4.78 is 33.3. The van der Waals surface area contributed by atoms with Gasteiger partial charge in [-0.25, -0.2) is 8.78 Å². The molecule has 0 amide bonds. The Morgan fingerprint density at radius 2 is 1.86 bits per heavy atom. The van der Waals surface area contributed by atoms with E-state index in [1.165, 1.54) is 18.2 Å². The molecular formula is C16H14ClF2NO. The van der Waals surface area contributed by atoms with Gasteiger partial charge in [-0.05, 0) is 48.7 Å². The Balaban J connectivity index is 1.78. The Hall–Kier alpha value is -1.65. The van der Waals surface area contributed by atoms with Crippen LogP contribution in [0.5, 0.6) is 11.5 Å². The number of nitrogens with one attached hydrogen (secondary N) is 1. The van der Waals surface area contributed by atoms with Crippen molar-refractivity contribution in [3.63, 3.8) is 0 Å². The standard InChI is InChI=1S/C16H14ClF2NO/c17-11-2-1-3-13(8-11)21-16-14(18)6-10(7-15(16)19)9-20-12-4-5-12/h1-3,6-8,12,20H,4-5,9H2. The summed E-state index contributed by atoms with van der Waals surface area (Å²) in [5, 5.41) is 3.66. The second kappa shape index (κ2) is 6.00. The fourth-order valence-electron chi connectivity index (χ4n) is 2.01. The molecule has 0 unspecified atom stereocenters. The molecule has 2 aromatic carbocycles. The van der Waals surface area contributed by atoms with E-state index in [4.69, 9.17) is 16.3 Å². The van der Waals surface area contributed by atoms with Gasteiger partial charge in [-0.3, -0.25) is 0 Å². The quantitative estimate of drug-likeness (QED) is 0.867. The molecule has 0 aromatic heterocycles. The molecule has 1 aliphatic carbocycles. The smallest absolute Gasteiger partial charge is 0.198 e. The van der Waals surface area contributed by atoms with Crippen molar-refractivity contribution in [1.29, 1.82) is 0 Å². The second-order valence-corrected chi connectivity index (χ2v) is 5.54. The molecule has 1 N–H and O–H groups in total. The molecule has 1 aliphatic rings. The van der Waals surface area contributed by atoms with Gasteiger partial charge in [-0.2, -0.15) is 0 Å². The molecule has 0 radical (unpaired) electrons. The fraction of sp³-hybridized carbons (Fsp3) is 0.250. The highest BCUT2D eigenvalue weighted by atomic mass is 35.5. The van der Waals surface area contributed by atoms with E-state index in [2.05, 4.69) is 5.32 Å². The maximum absolute atomic E-state index is 14.0. The van der Waals surface area contributed by atoms with Crippen molar-refractivity contribution in [2.24, 2.45) is 0 Å². The van der Waals surface area contributed by atoms with Crippen LogP contribution in [0.15, 0.2) is 36.4 Å². The third-order valence-corrected chi connectivity index (χ3v) is 3.48. The number of ether oxygens (including phenoxy) is 1. The Morgan fingerprint density at radius 3 is 2.48 bits per heavy atom. The first-order valence-electron chi connectivity index (χ1n) is 6.76. The average molecular weight is 310 g/mol. The van der Waals surface area contributed by atoms with Gasteiger partial charge < -0.3 is 10.1 Å². The first-order valence-corrected chi connectivity index (χ1v) is 7.14. The normalized spacial score (nSPS) is 14.2. The molecule has 0 saturated heterocycles. The molecule has 3 rings (SSSR count). The minimum Gasteiger partial charge on any atom is -0.451 e. The van der Waals surface area contributed by atoms with Gasteiger partial charge in [0.15, 0.2) is 17.4 Å². The van der Waals surface area contributed by atoms with Gasteiger partial charge >= 0.3 is 0 Å². The first kappa shape index (κ1) is 14.3. The number of benzene rings is 2. The van der Waals surface area contributed by atoms with Crippen molar-refractivity contribution in [1.82, 2.24) is 5.32 Å². The molecule has 0 aliphatic heterocycles. The summed E-state index contributed by atoms with van der Waals surface area (Å²) in [6.07, 6.45) is 2.25. The number of hydrogen-bond acceptors (Lipinski definition) is 2. The summed E-state index contributed by atoms with van der Waals surface area (Å²) in [6.45, 7) is 0.454. The number of hydrogen-bond donors (Lipinski definition) is 1. The Kier molecular flexibility index (Phi) is 4.08. The summed E-state index contributed by atoms with van der Waals surface area (Å²) >= 11 is 5.82. The SMILES string of the molecule is Fc1cc(CNC2CC2)cc(F)c1Oc1cccc(Cl)c1. The van der Waals surface area contributed by atoms with Crippen LogP contribution in [0.2, 0.25) is 5.02 Å². The lowest BCUT2D eigenvalue weighted by Crippen LogP contribution is -2.15. The van der Waals surface area contributed by atoms with E-state index >= 15 is 0 Å². The van der Waals surface area contributed by atoms with Gasteiger partial charge in [0.25, 0.3) is 0 Å². The molecule has 2 aromatic rings. The zero-order valence-corrected chi connectivity index (χ0v) is 12.0. The van der Waals surface area contributed by atoms with Crippen LogP contribution in [0.4, 0.5) is 8.78 Å². The lowest BCUT2D eigenvalue weighted by atomic mass is 10.2. The first-order chi connectivity index (χ1) is 10.1. The van der Waals surface area contributed by atoms with Gasteiger partial charge in [0.2, 0.25) is 0 Å². The molecule has 0 bridgehead atoms. The lowest BCUT2D eigenvalue weighted by molar-refractivity contribution is 0.406. The van der Waals surface area contributed by atoms with Crippen LogP contribution in [0.1, 0.15) is 18.4 Å². The predicted molar refractivity (Wildman–Crippen MR) is 77.7 cm³/mol. The minimum absolute atomic E-state index is 0.296. The second-order valence-electron chi connectivity index (χ2n) is 5.10. The van der Waals surface area contributed by atoms with E-state index in [0.717, 1.165) is 12.8 Å².